The number of carbonyl (C=O) groups excluding carboxylic acids is 1. The third-order valence-electron chi connectivity index (χ3n) is 3.38. The normalized spacial score (nSPS) is 16.8. The second kappa shape index (κ2) is 4.64. The molecule has 1 aliphatic heterocycles. The van der Waals surface area contributed by atoms with E-state index < -0.39 is 25.8 Å². The lowest BCUT2D eigenvalue weighted by atomic mass is 10.2. The Labute approximate surface area is 132 Å². The molecule has 0 spiro atoms. The van der Waals surface area contributed by atoms with Crippen LogP contribution < -0.4 is 0 Å². The van der Waals surface area contributed by atoms with E-state index in [9.17, 15) is 21.6 Å². The molecule has 9 heteroatoms. The Morgan fingerprint density at radius 2 is 1.73 bits per heavy atom. The predicted molar refractivity (Wildman–Crippen MR) is 82.1 cm³/mol. The molecule has 2 aromatic rings. The maximum atomic E-state index is 12.1. The van der Waals surface area contributed by atoms with Gasteiger partial charge in [0.2, 0.25) is 0 Å². The molecule has 0 N–H and O–H groups in total. The molecule has 0 unspecified atom stereocenters. The van der Waals surface area contributed by atoms with Crippen molar-refractivity contribution in [3.05, 3.63) is 35.2 Å². The summed E-state index contributed by atoms with van der Waals surface area (Å²) in [7, 11) is -5.81. The standard InChI is InChI=1S/C13H11NO5S3/c1-14-13(15)12-11(22(14,18)19)7-10(20-12)8-3-5-9(6-4-8)21(2,16)17/h3-7H,1-2H3. The highest BCUT2D eigenvalue weighted by atomic mass is 32.2. The van der Waals surface area contributed by atoms with E-state index in [1.807, 2.05) is 0 Å². The monoisotopic (exact) mass is 357 g/mol. The van der Waals surface area contributed by atoms with Gasteiger partial charge in [-0.2, -0.15) is 0 Å². The van der Waals surface area contributed by atoms with E-state index >= 15 is 0 Å². The van der Waals surface area contributed by atoms with Crippen molar-refractivity contribution in [1.29, 1.82) is 0 Å². The molecular formula is C13H11NO5S3. The molecule has 0 saturated heterocycles. The second-order valence-electron chi connectivity index (χ2n) is 4.88. The van der Waals surface area contributed by atoms with Crippen molar-refractivity contribution < 1.29 is 21.6 Å². The van der Waals surface area contributed by atoms with Gasteiger partial charge in [-0.25, -0.2) is 21.1 Å². The van der Waals surface area contributed by atoms with Crippen LogP contribution >= 0.6 is 11.3 Å². The van der Waals surface area contributed by atoms with Gasteiger partial charge in [0, 0.05) is 18.2 Å². The zero-order valence-corrected chi connectivity index (χ0v) is 14.0. The van der Waals surface area contributed by atoms with Gasteiger partial charge in [0.15, 0.2) is 9.84 Å². The molecule has 3 rings (SSSR count). The molecule has 1 aromatic heterocycles. The lowest BCUT2D eigenvalue weighted by Crippen LogP contribution is -2.24. The fraction of sp³-hybridized carbons (Fsp3) is 0.154. The largest absolute Gasteiger partial charge is 0.278 e. The van der Waals surface area contributed by atoms with E-state index in [0.717, 1.165) is 21.9 Å². The first-order chi connectivity index (χ1) is 10.1. The maximum absolute atomic E-state index is 12.1. The lowest BCUT2D eigenvalue weighted by Gasteiger charge is -2.07. The summed E-state index contributed by atoms with van der Waals surface area (Å²) in [5.74, 6) is -0.543. The zero-order valence-electron chi connectivity index (χ0n) is 11.6. The summed E-state index contributed by atoms with van der Waals surface area (Å²) in [6, 6.07) is 7.55. The van der Waals surface area contributed by atoms with Crippen LogP contribution in [0.4, 0.5) is 0 Å². The zero-order chi connectivity index (χ0) is 16.3. The quantitative estimate of drug-likeness (QED) is 0.814. The van der Waals surface area contributed by atoms with Gasteiger partial charge in [-0.3, -0.25) is 4.79 Å². The average Bonchev–Trinajstić information content (AvgIpc) is 2.95. The SMILES string of the molecule is CN1C(=O)c2sc(-c3ccc(S(C)(=O)=O)cc3)cc2S1(=O)=O. The number of fused-ring (bicyclic) bond motifs is 1. The molecule has 0 bridgehead atoms. The molecular weight excluding hydrogens is 346 g/mol. The number of sulfonamides is 1. The van der Waals surface area contributed by atoms with E-state index in [0.29, 0.717) is 10.4 Å². The smallest absolute Gasteiger partial charge is 0.267 e. The van der Waals surface area contributed by atoms with Crippen molar-refractivity contribution in [2.45, 2.75) is 9.79 Å². The number of carbonyl (C=O) groups is 1. The molecule has 0 saturated carbocycles. The van der Waals surface area contributed by atoms with Gasteiger partial charge in [0.25, 0.3) is 15.9 Å². The van der Waals surface area contributed by atoms with Crippen LogP contribution in [0.5, 0.6) is 0 Å². The van der Waals surface area contributed by atoms with Gasteiger partial charge in [-0.15, -0.1) is 11.3 Å². The van der Waals surface area contributed by atoms with Crippen LogP contribution in [0.3, 0.4) is 0 Å². The number of hydrogen-bond acceptors (Lipinski definition) is 6. The van der Waals surface area contributed by atoms with E-state index in [1.54, 1.807) is 12.1 Å². The number of benzene rings is 1. The molecule has 1 amide bonds. The van der Waals surface area contributed by atoms with E-state index in [4.69, 9.17) is 0 Å². The Bertz CT molecular complexity index is 985. The number of sulfone groups is 1. The third kappa shape index (κ3) is 2.16. The van der Waals surface area contributed by atoms with Gasteiger partial charge in [-0.05, 0) is 23.8 Å². The molecule has 116 valence electrons. The molecule has 0 fully saturated rings. The van der Waals surface area contributed by atoms with Crippen molar-refractivity contribution in [2.24, 2.45) is 0 Å². The van der Waals surface area contributed by atoms with Gasteiger partial charge in [0.1, 0.15) is 9.77 Å². The van der Waals surface area contributed by atoms with Crippen LogP contribution in [0.2, 0.25) is 0 Å². The summed E-state index contributed by atoms with van der Waals surface area (Å²) >= 11 is 1.08. The first-order valence-corrected chi connectivity index (χ1v) is 10.2. The number of rotatable bonds is 2. The van der Waals surface area contributed by atoms with E-state index in [1.165, 1.54) is 25.2 Å². The second-order valence-corrected chi connectivity index (χ2v) is 9.88. The van der Waals surface area contributed by atoms with Crippen molar-refractivity contribution in [1.82, 2.24) is 4.31 Å². The topological polar surface area (TPSA) is 88.6 Å². The summed E-state index contributed by atoms with van der Waals surface area (Å²) in [4.78, 5) is 12.9. The highest BCUT2D eigenvalue weighted by Crippen LogP contribution is 2.40. The van der Waals surface area contributed by atoms with E-state index in [-0.39, 0.29) is 14.7 Å². The van der Waals surface area contributed by atoms with Crippen LogP contribution in [-0.4, -0.2) is 40.4 Å². The van der Waals surface area contributed by atoms with Gasteiger partial charge < -0.3 is 0 Å². The highest BCUT2D eigenvalue weighted by molar-refractivity contribution is 7.91. The number of nitrogens with zero attached hydrogens (tertiary/aromatic N) is 1. The number of amides is 1. The summed E-state index contributed by atoms with van der Waals surface area (Å²) in [5, 5.41) is 0. The van der Waals surface area contributed by atoms with Crippen molar-refractivity contribution in [2.75, 3.05) is 13.3 Å². The van der Waals surface area contributed by atoms with Gasteiger partial charge in [0.05, 0.1) is 4.90 Å². The van der Waals surface area contributed by atoms with Crippen LogP contribution in [0.1, 0.15) is 9.67 Å². The minimum Gasteiger partial charge on any atom is -0.267 e. The van der Waals surface area contributed by atoms with Crippen LogP contribution in [0.15, 0.2) is 40.1 Å². The summed E-state index contributed by atoms with van der Waals surface area (Å²) in [6.45, 7) is 0. The molecule has 1 aliphatic rings. The Hall–Kier alpha value is -1.71. The summed E-state index contributed by atoms with van der Waals surface area (Å²) in [5.41, 5.74) is 0.664. The molecule has 0 radical (unpaired) electrons. The first kappa shape index (κ1) is 15.2. The number of hydrogen-bond donors (Lipinski definition) is 0. The van der Waals surface area contributed by atoms with Crippen LogP contribution in [0, 0.1) is 0 Å². The molecule has 0 atom stereocenters. The lowest BCUT2D eigenvalue weighted by molar-refractivity contribution is 0.0895. The minimum atomic E-state index is -3.75. The van der Waals surface area contributed by atoms with Crippen molar-refractivity contribution in [3.63, 3.8) is 0 Å². The minimum absolute atomic E-state index is 0.00666. The highest BCUT2D eigenvalue weighted by Gasteiger charge is 2.40. The Balaban J connectivity index is 2.08. The van der Waals surface area contributed by atoms with Crippen LogP contribution in [0.25, 0.3) is 10.4 Å². The summed E-state index contributed by atoms with van der Waals surface area (Å²) < 4.78 is 47.7. The molecule has 6 nitrogen and oxygen atoms in total. The molecule has 0 aliphatic carbocycles. The predicted octanol–water partition coefficient (Wildman–Crippen LogP) is 1.59. The van der Waals surface area contributed by atoms with Crippen molar-refractivity contribution >= 4 is 37.1 Å². The fourth-order valence-electron chi connectivity index (χ4n) is 2.12. The van der Waals surface area contributed by atoms with Crippen LogP contribution in [-0.2, 0) is 19.9 Å². The molecule has 22 heavy (non-hydrogen) atoms. The van der Waals surface area contributed by atoms with Crippen molar-refractivity contribution in [3.8, 4) is 10.4 Å². The summed E-state index contributed by atoms with van der Waals surface area (Å²) in [6.07, 6.45) is 1.11. The Kier molecular flexibility index (Phi) is 3.21. The Morgan fingerprint density at radius 1 is 1.14 bits per heavy atom. The van der Waals surface area contributed by atoms with Gasteiger partial charge >= 0.3 is 0 Å². The molecule has 1 aromatic carbocycles. The average molecular weight is 357 g/mol. The maximum Gasteiger partial charge on any atom is 0.278 e. The molecule has 2 heterocycles. The number of thiophene rings is 1. The fourth-order valence-corrected chi connectivity index (χ4v) is 5.55. The third-order valence-corrected chi connectivity index (χ3v) is 7.58. The Morgan fingerprint density at radius 3 is 2.23 bits per heavy atom. The van der Waals surface area contributed by atoms with Gasteiger partial charge in [-0.1, -0.05) is 12.1 Å². The first-order valence-electron chi connectivity index (χ1n) is 6.10. The van der Waals surface area contributed by atoms with E-state index in [2.05, 4.69) is 0 Å².